The molecule has 3 aliphatic rings. The number of alkyl halides is 2. The Morgan fingerprint density at radius 2 is 1.82 bits per heavy atom. The van der Waals surface area contributed by atoms with Crippen LogP contribution in [0.5, 0.6) is 5.75 Å². The van der Waals surface area contributed by atoms with Crippen molar-refractivity contribution in [1.82, 2.24) is 24.6 Å². The predicted molar refractivity (Wildman–Crippen MR) is 181 cm³/mol. The first-order chi connectivity index (χ1) is 24.2. The Kier molecular flexibility index (Phi) is 9.49. The smallest absolute Gasteiger partial charge is 0.251 e. The summed E-state index contributed by atoms with van der Waals surface area (Å²) in [4.78, 5) is 21.4. The first-order valence-electron chi connectivity index (χ1n) is 17.0. The summed E-state index contributed by atoms with van der Waals surface area (Å²) in [6, 6.07) is 9.71. The van der Waals surface area contributed by atoms with Crippen molar-refractivity contribution in [3.63, 3.8) is 0 Å². The zero-order valence-corrected chi connectivity index (χ0v) is 28.2. The molecule has 2 aromatic carbocycles. The van der Waals surface area contributed by atoms with Crippen LogP contribution in [0.15, 0.2) is 49.1 Å². The number of halogens is 4. The summed E-state index contributed by atoms with van der Waals surface area (Å²) in [5.74, 6) is -1.70. The van der Waals surface area contributed by atoms with Crippen LogP contribution in [0.4, 0.5) is 17.6 Å². The summed E-state index contributed by atoms with van der Waals surface area (Å²) < 4.78 is 70.4. The maximum absolute atomic E-state index is 16.2. The van der Waals surface area contributed by atoms with E-state index >= 15 is 4.39 Å². The highest BCUT2D eigenvalue weighted by molar-refractivity contribution is 5.90. The summed E-state index contributed by atoms with van der Waals surface area (Å²) in [5, 5.41) is 4.95. The molecule has 4 heterocycles. The second kappa shape index (κ2) is 14.0. The summed E-state index contributed by atoms with van der Waals surface area (Å²) in [6.07, 6.45) is 1.67. The molecule has 0 saturated carbocycles. The number of benzene rings is 2. The van der Waals surface area contributed by atoms with E-state index in [9.17, 15) is 18.0 Å². The van der Waals surface area contributed by atoms with Crippen LogP contribution in [0.1, 0.15) is 47.3 Å². The zero-order valence-electron chi connectivity index (χ0n) is 28.2. The normalized spacial score (nSPS) is 17.1. The zero-order chi connectivity index (χ0) is 35.1. The molecule has 1 atom stereocenters. The molecule has 0 saturated heterocycles. The molecule has 0 fully saturated rings. The van der Waals surface area contributed by atoms with Crippen LogP contribution in [0.3, 0.4) is 0 Å². The number of carbonyl (C=O) groups excluding carboxylic acids is 1. The van der Waals surface area contributed by atoms with E-state index in [1.165, 1.54) is 19.3 Å². The lowest BCUT2D eigenvalue weighted by molar-refractivity contribution is -0.129. The molecule has 0 N–H and O–H groups in total. The minimum atomic E-state index is -2.42. The van der Waals surface area contributed by atoms with Gasteiger partial charge in [0.2, 0.25) is 5.91 Å². The Bertz CT molecular complexity index is 1960. The van der Waals surface area contributed by atoms with Crippen molar-refractivity contribution in [1.29, 1.82) is 0 Å². The van der Waals surface area contributed by atoms with Gasteiger partial charge in [-0.05, 0) is 73.1 Å². The Labute approximate surface area is 288 Å². The van der Waals surface area contributed by atoms with Gasteiger partial charge in [-0.1, -0.05) is 18.7 Å². The van der Waals surface area contributed by atoms with E-state index in [4.69, 9.17) is 19.6 Å². The second-order valence-electron chi connectivity index (χ2n) is 13.0. The molecule has 1 unspecified atom stereocenters. The minimum absolute atomic E-state index is 0.0393. The van der Waals surface area contributed by atoms with Gasteiger partial charge in [0.15, 0.2) is 0 Å². The van der Waals surface area contributed by atoms with Crippen LogP contribution in [-0.4, -0.2) is 76.9 Å². The number of hydrogen-bond donors (Lipinski definition) is 0. The fourth-order valence-corrected chi connectivity index (χ4v) is 7.64. The average molecular weight is 690 g/mol. The van der Waals surface area contributed by atoms with E-state index in [2.05, 4.69) is 6.58 Å². The number of aromatic nitrogens is 3. The lowest BCUT2D eigenvalue weighted by atomic mass is 9.89. The van der Waals surface area contributed by atoms with Gasteiger partial charge in [-0.2, -0.15) is 5.10 Å². The molecular weight excluding hydrogens is 650 g/mol. The van der Waals surface area contributed by atoms with E-state index in [1.807, 2.05) is 35.9 Å². The maximum atomic E-state index is 16.2. The van der Waals surface area contributed by atoms with E-state index in [1.54, 1.807) is 9.80 Å². The van der Waals surface area contributed by atoms with Gasteiger partial charge >= 0.3 is 0 Å². The highest BCUT2D eigenvalue weighted by Crippen LogP contribution is 2.47. The summed E-state index contributed by atoms with van der Waals surface area (Å²) in [6.45, 7) is 7.46. The van der Waals surface area contributed by atoms with E-state index < -0.39 is 18.1 Å². The number of hydrogen-bond acceptors (Lipinski definition) is 6. The monoisotopic (exact) mass is 689 g/mol. The minimum Gasteiger partial charge on any atom is -0.490 e. The highest BCUT2D eigenvalue weighted by atomic mass is 19.3. The molecule has 7 rings (SSSR count). The third-order valence-corrected chi connectivity index (χ3v) is 10.0. The molecular formula is C38H39F4N5O3. The molecule has 262 valence electrons. The van der Waals surface area contributed by atoms with Gasteiger partial charge in [0, 0.05) is 50.0 Å². The Balaban J connectivity index is 1.43. The van der Waals surface area contributed by atoms with Crippen LogP contribution in [0.25, 0.3) is 33.8 Å². The van der Waals surface area contributed by atoms with Crippen molar-refractivity contribution < 1.29 is 31.8 Å². The number of pyridine rings is 1. The van der Waals surface area contributed by atoms with Crippen molar-refractivity contribution in [2.45, 2.75) is 58.2 Å². The van der Waals surface area contributed by atoms with Gasteiger partial charge in [0.05, 0.1) is 48.4 Å². The number of nitrogens with zero attached hydrogens (tertiary/aromatic N) is 5. The Morgan fingerprint density at radius 1 is 1.00 bits per heavy atom. The number of rotatable bonds is 10. The van der Waals surface area contributed by atoms with Gasteiger partial charge in [-0.15, -0.1) is 0 Å². The molecule has 2 aromatic heterocycles. The Hall–Kier alpha value is -4.55. The number of amides is 1. The van der Waals surface area contributed by atoms with Crippen LogP contribution in [-0.2, 0) is 41.9 Å². The van der Waals surface area contributed by atoms with Crippen molar-refractivity contribution in [2.75, 3.05) is 40.0 Å². The third kappa shape index (κ3) is 6.30. The molecule has 0 bridgehead atoms. The summed E-state index contributed by atoms with van der Waals surface area (Å²) in [7, 11) is 1.52. The van der Waals surface area contributed by atoms with Crippen LogP contribution in [0.2, 0.25) is 0 Å². The Morgan fingerprint density at radius 3 is 2.60 bits per heavy atom. The van der Waals surface area contributed by atoms with E-state index in [0.717, 1.165) is 51.7 Å². The topological polar surface area (TPSA) is 72.7 Å². The van der Waals surface area contributed by atoms with Crippen LogP contribution < -0.4 is 4.74 Å². The van der Waals surface area contributed by atoms with E-state index in [0.29, 0.717) is 62.4 Å². The van der Waals surface area contributed by atoms with Crippen molar-refractivity contribution in [3.8, 4) is 39.5 Å². The number of fused-ring (bicyclic) bond motifs is 3. The SMILES string of the molecule is C=CC(=O)N1CCn2nc(-c3nc(-c4ccc5c(c4)CN(CC(F)F)CC5)c4c(c3-c3c(F)cc(F)cc3OCCOC)CCC4)cc2C1C. The maximum Gasteiger partial charge on any atom is 0.251 e. The average Bonchev–Trinajstić information content (AvgIpc) is 3.76. The fraction of sp³-hybridized carbons (Fsp3) is 0.395. The van der Waals surface area contributed by atoms with Crippen molar-refractivity contribution in [2.24, 2.45) is 0 Å². The third-order valence-electron chi connectivity index (χ3n) is 10.0. The standard InChI is InChI=1S/C38H39F4N5O3/c1-4-34(48)46-12-13-47-31(22(46)2)19-30(44-47)38-35(36-29(40)17-26(39)18-32(36)50-15-14-49-3)27-6-5-7-28(27)37(43-38)24-9-8-23-10-11-45(21-33(41)42)20-25(23)16-24/h4,8-9,16-19,22,33H,1,5-7,10-15,20-21H2,2-3H3. The van der Waals surface area contributed by atoms with Gasteiger partial charge in [0.25, 0.3) is 6.43 Å². The second-order valence-corrected chi connectivity index (χ2v) is 13.0. The lowest BCUT2D eigenvalue weighted by Crippen LogP contribution is -2.40. The lowest BCUT2D eigenvalue weighted by Gasteiger charge is -2.33. The number of methoxy groups -OCH3 is 1. The van der Waals surface area contributed by atoms with Gasteiger partial charge in [-0.25, -0.2) is 22.5 Å². The number of ether oxygens (including phenoxy) is 2. The molecule has 4 aromatic rings. The molecule has 1 aliphatic carbocycles. The van der Waals surface area contributed by atoms with Crippen LogP contribution in [0, 0.1) is 11.6 Å². The molecule has 8 nitrogen and oxygen atoms in total. The molecule has 2 aliphatic heterocycles. The fourth-order valence-electron chi connectivity index (χ4n) is 7.64. The first kappa shape index (κ1) is 33.9. The molecule has 0 radical (unpaired) electrons. The van der Waals surface area contributed by atoms with Gasteiger partial charge in [0.1, 0.15) is 29.7 Å². The van der Waals surface area contributed by atoms with Crippen molar-refractivity contribution in [3.05, 3.63) is 88.6 Å². The van der Waals surface area contributed by atoms with E-state index in [-0.39, 0.29) is 43.0 Å². The van der Waals surface area contributed by atoms with Gasteiger partial charge < -0.3 is 14.4 Å². The van der Waals surface area contributed by atoms with Crippen LogP contribution >= 0.6 is 0 Å². The first-order valence-corrected chi connectivity index (χ1v) is 17.0. The molecule has 50 heavy (non-hydrogen) atoms. The predicted octanol–water partition coefficient (Wildman–Crippen LogP) is 6.78. The quantitative estimate of drug-likeness (QED) is 0.104. The molecule has 12 heteroatoms. The highest BCUT2D eigenvalue weighted by Gasteiger charge is 2.33. The molecule has 0 spiro atoms. The molecule has 1 amide bonds. The van der Waals surface area contributed by atoms with Gasteiger partial charge in [-0.3, -0.25) is 14.4 Å². The summed E-state index contributed by atoms with van der Waals surface area (Å²) in [5.41, 5.74) is 7.77. The largest absolute Gasteiger partial charge is 0.490 e. The summed E-state index contributed by atoms with van der Waals surface area (Å²) >= 11 is 0. The van der Waals surface area contributed by atoms with Crippen molar-refractivity contribution >= 4 is 5.91 Å². The number of carbonyl (C=O) groups is 1.